The molecule has 174 valence electrons. The molecule has 0 aliphatic carbocycles. The third-order valence-corrected chi connectivity index (χ3v) is 6.79. The number of methoxy groups -OCH3 is 2. The molecule has 0 aliphatic heterocycles. The first-order valence-corrected chi connectivity index (χ1v) is 11.9. The van der Waals surface area contributed by atoms with Crippen LogP contribution in [0.5, 0.6) is 11.5 Å². The Hall–Kier alpha value is -3.52. The highest BCUT2D eigenvalue weighted by atomic mass is 32.2. The van der Waals surface area contributed by atoms with Crippen LogP contribution in [0.4, 0.5) is 5.69 Å². The first-order valence-electron chi connectivity index (χ1n) is 10.4. The van der Waals surface area contributed by atoms with Gasteiger partial charge in [0.1, 0.15) is 11.5 Å². The van der Waals surface area contributed by atoms with Crippen molar-refractivity contribution in [2.24, 2.45) is 0 Å². The summed E-state index contributed by atoms with van der Waals surface area (Å²) in [5, 5.41) is 2.96. The summed E-state index contributed by atoms with van der Waals surface area (Å²) in [6.45, 7) is 5.44. The molecule has 0 aromatic heterocycles. The maximum Gasteiger partial charge on any atom is 0.261 e. The van der Waals surface area contributed by atoms with Gasteiger partial charge in [0.15, 0.2) is 0 Å². The largest absolute Gasteiger partial charge is 0.497 e. The van der Waals surface area contributed by atoms with Crippen molar-refractivity contribution in [1.82, 2.24) is 5.32 Å². The summed E-state index contributed by atoms with van der Waals surface area (Å²) in [4.78, 5) is 13.2. The van der Waals surface area contributed by atoms with E-state index in [-0.39, 0.29) is 16.8 Å². The number of carbonyl (C=O) groups excluding carboxylic acids is 1. The lowest BCUT2D eigenvalue weighted by molar-refractivity contribution is 0.0939. The summed E-state index contributed by atoms with van der Waals surface area (Å²) >= 11 is 0. The van der Waals surface area contributed by atoms with Gasteiger partial charge in [-0.15, -0.1) is 0 Å². The second-order valence-corrected chi connectivity index (χ2v) is 9.38. The first-order chi connectivity index (χ1) is 15.7. The smallest absolute Gasteiger partial charge is 0.261 e. The van der Waals surface area contributed by atoms with E-state index >= 15 is 0 Å². The Morgan fingerprint density at radius 2 is 1.64 bits per heavy atom. The zero-order valence-electron chi connectivity index (χ0n) is 19.3. The van der Waals surface area contributed by atoms with Gasteiger partial charge in [-0.2, -0.15) is 0 Å². The maximum atomic E-state index is 13.1. The van der Waals surface area contributed by atoms with Crippen molar-refractivity contribution in [2.45, 2.75) is 31.7 Å². The average molecular weight is 469 g/mol. The molecule has 3 aromatic rings. The Kier molecular flexibility index (Phi) is 7.28. The fraction of sp³-hybridized carbons (Fsp3) is 0.240. The normalized spacial score (nSPS) is 12.0. The molecule has 0 fully saturated rings. The number of sulfonamides is 1. The van der Waals surface area contributed by atoms with Gasteiger partial charge >= 0.3 is 0 Å². The minimum absolute atomic E-state index is 0.154. The van der Waals surface area contributed by atoms with Crippen LogP contribution >= 0.6 is 0 Å². The lowest BCUT2D eigenvalue weighted by atomic mass is 10.0. The number of rotatable bonds is 8. The highest BCUT2D eigenvalue weighted by molar-refractivity contribution is 7.92. The summed E-state index contributed by atoms with van der Waals surface area (Å²) in [5.41, 5.74) is 2.96. The Morgan fingerprint density at radius 1 is 0.939 bits per heavy atom. The predicted molar refractivity (Wildman–Crippen MR) is 129 cm³/mol. The number of anilines is 1. The van der Waals surface area contributed by atoms with Crippen molar-refractivity contribution < 1.29 is 22.7 Å². The van der Waals surface area contributed by atoms with E-state index in [0.717, 1.165) is 11.1 Å². The minimum Gasteiger partial charge on any atom is -0.497 e. The summed E-state index contributed by atoms with van der Waals surface area (Å²) in [6, 6.07) is 16.5. The zero-order valence-corrected chi connectivity index (χ0v) is 20.1. The van der Waals surface area contributed by atoms with Crippen LogP contribution in [-0.2, 0) is 10.0 Å². The van der Waals surface area contributed by atoms with Crippen molar-refractivity contribution in [3.8, 4) is 11.5 Å². The van der Waals surface area contributed by atoms with Gasteiger partial charge in [-0.1, -0.05) is 23.8 Å². The summed E-state index contributed by atoms with van der Waals surface area (Å²) in [6.07, 6.45) is 0. The van der Waals surface area contributed by atoms with Crippen LogP contribution in [0.1, 0.15) is 40.0 Å². The molecule has 0 spiro atoms. The quantitative estimate of drug-likeness (QED) is 0.503. The second-order valence-electron chi connectivity index (χ2n) is 7.70. The van der Waals surface area contributed by atoms with E-state index < -0.39 is 10.0 Å². The average Bonchev–Trinajstić information content (AvgIpc) is 2.80. The zero-order chi connectivity index (χ0) is 24.2. The third-order valence-electron chi connectivity index (χ3n) is 5.41. The van der Waals surface area contributed by atoms with E-state index in [9.17, 15) is 13.2 Å². The lowest BCUT2D eigenvalue weighted by Gasteiger charge is -2.19. The molecular weight excluding hydrogens is 440 g/mol. The summed E-state index contributed by atoms with van der Waals surface area (Å²) < 4.78 is 38.9. The molecule has 3 rings (SSSR count). The Morgan fingerprint density at radius 3 is 2.27 bits per heavy atom. The highest BCUT2D eigenvalue weighted by Gasteiger charge is 2.20. The van der Waals surface area contributed by atoms with Gasteiger partial charge < -0.3 is 14.8 Å². The van der Waals surface area contributed by atoms with E-state index in [2.05, 4.69) is 10.0 Å². The summed E-state index contributed by atoms with van der Waals surface area (Å²) in [7, 11) is -0.656. The van der Waals surface area contributed by atoms with Crippen LogP contribution in [-0.4, -0.2) is 28.5 Å². The maximum absolute atomic E-state index is 13.1. The van der Waals surface area contributed by atoms with Gasteiger partial charge in [-0.25, -0.2) is 8.42 Å². The molecule has 33 heavy (non-hydrogen) atoms. The highest BCUT2D eigenvalue weighted by Crippen LogP contribution is 2.30. The van der Waals surface area contributed by atoms with E-state index in [1.165, 1.54) is 0 Å². The van der Waals surface area contributed by atoms with E-state index in [1.54, 1.807) is 75.7 Å². The molecule has 1 atom stereocenters. The molecule has 0 saturated heterocycles. The van der Waals surface area contributed by atoms with Crippen molar-refractivity contribution in [3.05, 3.63) is 82.9 Å². The van der Waals surface area contributed by atoms with Crippen LogP contribution in [0.3, 0.4) is 0 Å². The number of aryl methyl sites for hydroxylation is 1. The number of carbonyl (C=O) groups is 1. The second kappa shape index (κ2) is 9.95. The van der Waals surface area contributed by atoms with E-state index in [0.29, 0.717) is 28.3 Å². The fourth-order valence-corrected chi connectivity index (χ4v) is 4.57. The first kappa shape index (κ1) is 24.1. The Balaban J connectivity index is 1.84. The fourth-order valence-electron chi connectivity index (χ4n) is 3.44. The van der Waals surface area contributed by atoms with Gasteiger partial charge in [0.25, 0.3) is 15.9 Å². The van der Waals surface area contributed by atoms with Crippen LogP contribution in [0, 0.1) is 13.8 Å². The van der Waals surface area contributed by atoms with Crippen LogP contribution < -0.4 is 19.5 Å². The summed E-state index contributed by atoms with van der Waals surface area (Å²) in [5.74, 6) is 0.941. The number of benzene rings is 3. The van der Waals surface area contributed by atoms with Gasteiger partial charge in [0.05, 0.1) is 30.8 Å². The van der Waals surface area contributed by atoms with Crippen molar-refractivity contribution >= 4 is 21.6 Å². The van der Waals surface area contributed by atoms with Gasteiger partial charge in [0, 0.05) is 11.1 Å². The standard InChI is InChI=1S/C25H28N2O5S/c1-16-9-12-20(13-10-16)33(29,30)27-23-8-6-7-21(17(23)2)25(28)26-18(3)22-15-19(31-4)11-14-24(22)32-5/h6-15,18,27H,1-5H3,(H,26,28)/t18-/m1/s1. The molecule has 3 aromatic carbocycles. The molecule has 0 aliphatic rings. The molecule has 1 amide bonds. The molecule has 0 heterocycles. The molecule has 7 nitrogen and oxygen atoms in total. The lowest BCUT2D eigenvalue weighted by Crippen LogP contribution is -2.28. The molecule has 0 unspecified atom stereocenters. The van der Waals surface area contributed by atoms with Gasteiger partial charge in [-0.05, 0) is 68.8 Å². The van der Waals surface area contributed by atoms with Gasteiger partial charge in [-0.3, -0.25) is 9.52 Å². The van der Waals surface area contributed by atoms with Crippen molar-refractivity contribution in [2.75, 3.05) is 18.9 Å². The monoisotopic (exact) mass is 468 g/mol. The Bertz CT molecular complexity index is 1250. The van der Waals surface area contributed by atoms with Crippen LogP contribution in [0.2, 0.25) is 0 Å². The Labute approximate surface area is 194 Å². The molecule has 2 N–H and O–H groups in total. The molecule has 8 heteroatoms. The van der Waals surface area contributed by atoms with E-state index in [4.69, 9.17) is 9.47 Å². The number of nitrogens with one attached hydrogen (secondary N) is 2. The third kappa shape index (κ3) is 5.46. The van der Waals surface area contributed by atoms with Crippen LogP contribution in [0.25, 0.3) is 0 Å². The topological polar surface area (TPSA) is 93.7 Å². The number of ether oxygens (including phenoxy) is 2. The molecule has 0 saturated carbocycles. The number of hydrogen-bond donors (Lipinski definition) is 2. The molecule has 0 bridgehead atoms. The minimum atomic E-state index is -3.79. The number of amides is 1. The SMILES string of the molecule is COc1ccc(OC)c([C@@H](C)NC(=O)c2cccc(NS(=O)(=O)c3ccc(C)cc3)c2C)c1. The molecular formula is C25H28N2O5S. The van der Waals surface area contributed by atoms with Crippen LogP contribution in [0.15, 0.2) is 65.6 Å². The predicted octanol–water partition coefficient (Wildman–Crippen LogP) is 4.61. The van der Waals surface area contributed by atoms with Crippen molar-refractivity contribution in [3.63, 3.8) is 0 Å². The molecule has 0 radical (unpaired) electrons. The van der Waals surface area contributed by atoms with Gasteiger partial charge in [0.2, 0.25) is 0 Å². The number of hydrogen-bond acceptors (Lipinski definition) is 5. The van der Waals surface area contributed by atoms with E-state index in [1.807, 2.05) is 19.9 Å². The van der Waals surface area contributed by atoms with Crippen molar-refractivity contribution in [1.29, 1.82) is 0 Å².